The average molecular weight is 245 g/mol. The third-order valence-corrected chi connectivity index (χ3v) is 4.09. The first kappa shape index (κ1) is 13.5. The highest BCUT2D eigenvalue weighted by Gasteiger charge is 2.21. The van der Waals surface area contributed by atoms with E-state index in [-0.39, 0.29) is 0 Å². The number of nitrogens with one attached hydrogen (secondary N) is 1. The molecular weight excluding hydrogens is 218 g/mol. The fourth-order valence-electron chi connectivity index (χ4n) is 2.95. The molecule has 0 fully saturated rings. The van der Waals surface area contributed by atoms with Crippen molar-refractivity contribution in [2.75, 3.05) is 11.9 Å². The van der Waals surface area contributed by atoms with Crippen molar-refractivity contribution in [2.24, 2.45) is 0 Å². The van der Waals surface area contributed by atoms with Crippen LogP contribution in [0.15, 0.2) is 18.2 Å². The summed E-state index contributed by atoms with van der Waals surface area (Å²) < 4.78 is 0. The van der Waals surface area contributed by atoms with Crippen LogP contribution in [0.5, 0.6) is 0 Å². The van der Waals surface area contributed by atoms with Gasteiger partial charge in [0.05, 0.1) is 0 Å². The van der Waals surface area contributed by atoms with Gasteiger partial charge in [0, 0.05) is 18.2 Å². The number of fused-ring (bicyclic) bond motifs is 1. The summed E-state index contributed by atoms with van der Waals surface area (Å²) in [7, 11) is 0. The first-order chi connectivity index (χ1) is 8.81. The van der Waals surface area contributed by atoms with Crippen molar-refractivity contribution in [3.8, 4) is 0 Å². The smallest absolute Gasteiger partial charge is 0.0376 e. The Labute approximate surface area is 112 Å². The number of unbranched alkanes of at least 4 members (excludes halogenated alkanes) is 5. The molecule has 0 radical (unpaired) electrons. The lowest BCUT2D eigenvalue weighted by Crippen LogP contribution is -2.01. The molecule has 0 amide bonds. The molecule has 1 atom stereocenters. The number of anilines is 1. The molecule has 0 aliphatic carbocycles. The number of hydrogen-bond acceptors (Lipinski definition) is 1. The standard InChI is InChI=1S/C17H27N/c1-3-4-5-6-7-8-9-15-13-18-17-11-10-14(2)12-16(15)17/h10-12,15,18H,3-9,13H2,1-2H3. The van der Waals surface area contributed by atoms with Crippen molar-refractivity contribution in [3.63, 3.8) is 0 Å². The molecule has 1 nitrogen and oxygen atoms in total. The second-order valence-corrected chi connectivity index (χ2v) is 5.72. The summed E-state index contributed by atoms with van der Waals surface area (Å²) in [5, 5.41) is 3.54. The molecule has 18 heavy (non-hydrogen) atoms. The summed E-state index contributed by atoms with van der Waals surface area (Å²) in [5.41, 5.74) is 4.32. The van der Waals surface area contributed by atoms with Crippen molar-refractivity contribution in [3.05, 3.63) is 29.3 Å². The van der Waals surface area contributed by atoms with E-state index in [1.807, 2.05) is 0 Å². The third kappa shape index (κ3) is 3.51. The monoisotopic (exact) mass is 245 g/mol. The summed E-state index contributed by atoms with van der Waals surface area (Å²) in [4.78, 5) is 0. The Morgan fingerprint density at radius 3 is 2.72 bits per heavy atom. The van der Waals surface area contributed by atoms with E-state index in [1.54, 1.807) is 5.56 Å². The van der Waals surface area contributed by atoms with E-state index in [1.165, 1.54) is 56.2 Å². The maximum absolute atomic E-state index is 3.54. The van der Waals surface area contributed by atoms with Gasteiger partial charge in [-0.15, -0.1) is 0 Å². The zero-order valence-electron chi connectivity index (χ0n) is 12.0. The molecule has 100 valence electrons. The first-order valence-electron chi connectivity index (χ1n) is 7.65. The molecule has 0 aromatic heterocycles. The van der Waals surface area contributed by atoms with Gasteiger partial charge in [-0.3, -0.25) is 0 Å². The largest absolute Gasteiger partial charge is 0.384 e. The van der Waals surface area contributed by atoms with E-state index in [0.29, 0.717) is 0 Å². The van der Waals surface area contributed by atoms with Gasteiger partial charge in [-0.05, 0) is 25.0 Å². The molecule has 0 bridgehead atoms. The second kappa shape index (κ2) is 6.82. The highest BCUT2D eigenvalue weighted by Crippen LogP contribution is 2.35. The Morgan fingerprint density at radius 2 is 1.89 bits per heavy atom. The molecular formula is C17H27N. The summed E-state index contributed by atoms with van der Waals surface area (Å²) in [5.74, 6) is 0.756. The minimum atomic E-state index is 0.756. The minimum absolute atomic E-state index is 0.756. The Hall–Kier alpha value is -0.980. The van der Waals surface area contributed by atoms with Crippen LogP contribution in [0.4, 0.5) is 5.69 Å². The summed E-state index contributed by atoms with van der Waals surface area (Å²) in [6.45, 7) is 5.62. The summed E-state index contributed by atoms with van der Waals surface area (Å²) in [6, 6.07) is 6.82. The van der Waals surface area contributed by atoms with E-state index < -0.39 is 0 Å². The second-order valence-electron chi connectivity index (χ2n) is 5.72. The summed E-state index contributed by atoms with van der Waals surface area (Å²) >= 11 is 0. The van der Waals surface area contributed by atoms with E-state index in [0.717, 1.165) is 12.5 Å². The number of aryl methyl sites for hydroxylation is 1. The maximum Gasteiger partial charge on any atom is 0.0376 e. The zero-order chi connectivity index (χ0) is 12.8. The normalized spacial score (nSPS) is 17.6. The molecule has 1 heterocycles. The van der Waals surface area contributed by atoms with Crippen LogP contribution in [0.2, 0.25) is 0 Å². The topological polar surface area (TPSA) is 12.0 Å². The van der Waals surface area contributed by atoms with E-state index in [2.05, 4.69) is 37.4 Å². The lowest BCUT2D eigenvalue weighted by atomic mass is 9.93. The molecule has 0 saturated carbocycles. The minimum Gasteiger partial charge on any atom is -0.384 e. The number of hydrogen-bond donors (Lipinski definition) is 1. The Bertz CT molecular complexity index is 370. The van der Waals surface area contributed by atoms with Gasteiger partial charge in [0.15, 0.2) is 0 Å². The van der Waals surface area contributed by atoms with E-state index >= 15 is 0 Å². The SMILES string of the molecule is CCCCCCCCC1CNc2ccc(C)cc21. The van der Waals surface area contributed by atoms with Gasteiger partial charge in [0.1, 0.15) is 0 Å². The maximum atomic E-state index is 3.54. The van der Waals surface area contributed by atoms with Crippen molar-refractivity contribution < 1.29 is 0 Å². The Kier molecular flexibility index (Phi) is 5.10. The number of benzene rings is 1. The Morgan fingerprint density at radius 1 is 1.11 bits per heavy atom. The van der Waals surface area contributed by atoms with Crippen molar-refractivity contribution >= 4 is 5.69 Å². The predicted molar refractivity (Wildman–Crippen MR) is 80.4 cm³/mol. The molecule has 1 unspecified atom stereocenters. The van der Waals surface area contributed by atoms with Crippen LogP contribution in [-0.4, -0.2) is 6.54 Å². The van der Waals surface area contributed by atoms with Crippen LogP contribution in [-0.2, 0) is 0 Å². The fraction of sp³-hybridized carbons (Fsp3) is 0.647. The highest BCUT2D eigenvalue weighted by atomic mass is 14.9. The molecule has 1 aromatic rings. The van der Waals surface area contributed by atoms with Gasteiger partial charge < -0.3 is 5.32 Å². The molecule has 0 saturated heterocycles. The zero-order valence-corrected chi connectivity index (χ0v) is 12.0. The Balaban J connectivity index is 1.74. The van der Waals surface area contributed by atoms with E-state index in [9.17, 15) is 0 Å². The van der Waals surface area contributed by atoms with Crippen molar-refractivity contribution in [2.45, 2.75) is 64.7 Å². The van der Waals surface area contributed by atoms with Crippen molar-refractivity contribution in [1.29, 1.82) is 0 Å². The summed E-state index contributed by atoms with van der Waals surface area (Å²) in [6.07, 6.45) is 9.77. The van der Waals surface area contributed by atoms with Crippen LogP contribution in [0, 0.1) is 6.92 Å². The predicted octanol–water partition coefficient (Wildman–Crippen LogP) is 5.25. The molecule has 1 heteroatoms. The quantitative estimate of drug-likeness (QED) is 0.646. The van der Waals surface area contributed by atoms with Gasteiger partial charge in [0.25, 0.3) is 0 Å². The van der Waals surface area contributed by atoms with Gasteiger partial charge in [-0.25, -0.2) is 0 Å². The molecule has 1 aliphatic rings. The van der Waals surface area contributed by atoms with Crippen molar-refractivity contribution in [1.82, 2.24) is 0 Å². The van der Waals surface area contributed by atoms with Gasteiger partial charge in [0.2, 0.25) is 0 Å². The van der Waals surface area contributed by atoms with E-state index in [4.69, 9.17) is 0 Å². The number of rotatable bonds is 7. The third-order valence-electron chi connectivity index (χ3n) is 4.09. The lowest BCUT2D eigenvalue weighted by molar-refractivity contribution is 0.556. The molecule has 1 aliphatic heterocycles. The van der Waals surface area contributed by atoms with Crippen LogP contribution < -0.4 is 5.32 Å². The first-order valence-corrected chi connectivity index (χ1v) is 7.65. The van der Waals surface area contributed by atoms with Crippen LogP contribution in [0.1, 0.15) is 68.9 Å². The molecule has 0 spiro atoms. The van der Waals surface area contributed by atoms with Gasteiger partial charge in [-0.1, -0.05) is 63.1 Å². The van der Waals surface area contributed by atoms with Crippen LogP contribution in [0.3, 0.4) is 0 Å². The fourth-order valence-corrected chi connectivity index (χ4v) is 2.95. The van der Waals surface area contributed by atoms with Gasteiger partial charge >= 0.3 is 0 Å². The molecule has 2 rings (SSSR count). The van der Waals surface area contributed by atoms with Gasteiger partial charge in [-0.2, -0.15) is 0 Å². The van der Waals surface area contributed by atoms with Crippen LogP contribution >= 0.6 is 0 Å². The van der Waals surface area contributed by atoms with Crippen LogP contribution in [0.25, 0.3) is 0 Å². The lowest BCUT2D eigenvalue weighted by Gasteiger charge is -2.10. The molecule has 1 aromatic carbocycles. The molecule has 1 N–H and O–H groups in total. The highest BCUT2D eigenvalue weighted by molar-refractivity contribution is 5.58. The average Bonchev–Trinajstić information content (AvgIpc) is 2.76.